The third kappa shape index (κ3) is 2.27. The molecule has 15 heavy (non-hydrogen) atoms. The summed E-state index contributed by atoms with van der Waals surface area (Å²) in [6.45, 7) is 0.456. The summed E-state index contributed by atoms with van der Waals surface area (Å²) < 4.78 is 31.4. The molecule has 1 aromatic rings. The van der Waals surface area contributed by atoms with Crippen molar-refractivity contribution >= 4 is 0 Å². The fourth-order valence-corrected chi connectivity index (χ4v) is 1.30. The van der Waals surface area contributed by atoms with Gasteiger partial charge < -0.3 is 4.74 Å². The third-order valence-electron chi connectivity index (χ3n) is 2.32. The van der Waals surface area contributed by atoms with E-state index in [1.807, 2.05) is 0 Å². The number of hydrogen-bond donors (Lipinski definition) is 0. The molecule has 0 spiro atoms. The summed E-state index contributed by atoms with van der Waals surface area (Å²) in [5, 5.41) is 0. The summed E-state index contributed by atoms with van der Waals surface area (Å²) in [4.78, 5) is 0. The van der Waals surface area contributed by atoms with Crippen molar-refractivity contribution in [2.45, 2.75) is 12.8 Å². The van der Waals surface area contributed by atoms with Crippen molar-refractivity contribution in [2.75, 3.05) is 6.61 Å². The maximum absolute atomic E-state index is 13.3. The van der Waals surface area contributed by atoms with Crippen LogP contribution >= 0.6 is 0 Å². The van der Waals surface area contributed by atoms with E-state index in [1.54, 1.807) is 0 Å². The van der Waals surface area contributed by atoms with Gasteiger partial charge in [-0.3, -0.25) is 0 Å². The molecular formula is C12H10F2O. The molecule has 0 aliphatic heterocycles. The zero-order valence-electron chi connectivity index (χ0n) is 8.09. The predicted molar refractivity (Wildman–Crippen MR) is 52.5 cm³/mol. The molecule has 0 radical (unpaired) electrons. The first-order chi connectivity index (χ1) is 7.20. The van der Waals surface area contributed by atoms with Gasteiger partial charge in [-0.15, -0.1) is 6.42 Å². The number of halogens is 2. The van der Waals surface area contributed by atoms with E-state index < -0.39 is 11.6 Å². The fourth-order valence-electron chi connectivity index (χ4n) is 1.30. The van der Waals surface area contributed by atoms with Gasteiger partial charge in [-0.05, 0) is 24.8 Å². The second-order valence-electron chi connectivity index (χ2n) is 3.66. The van der Waals surface area contributed by atoms with E-state index in [2.05, 4.69) is 5.92 Å². The van der Waals surface area contributed by atoms with Crippen molar-refractivity contribution in [3.63, 3.8) is 0 Å². The lowest BCUT2D eigenvalue weighted by molar-refractivity contribution is 0.283. The molecule has 0 atom stereocenters. The highest BCUT2D eigenvalue weighted by molar-refractivity contribution is 5.46. The number of hydrogen-bond acceptors (Lipinski definition) is 1. The average Bonchev–Trinajstić information content (AvgIpc) is 2.99. The Balaban J connectivity index is 2.22. The second-order valence-corrected chi connectivity index (χ2v) is 3.66. The largest absolute Gasteiger partial charge is 0.489 e. The Morgan fingerprint density at radius 1 is 1.40 bits per heavy atom. The molecule has 1 aliphatic carbocycles. The van der Waals surface area contributed by atoms with E-state index in [1.165, 1.54) is 0 Å². The Morgan fingerprint density at radius 2 is 2.13 bits per heavy atom. The molecule has 1 fully saturated rings. The van der Waals surface area contributed by atoms with Crippen molar-refractivity contribution in [2.24, 2.45) is 5.92 Å². The smallest absolute Gasteiger partial charge is 0.170 e. The first-order valence-corrected chi connectivity index (χ1v) is 4.79. The van der Waals surface area contributed by atoms with Crippen LogP contribution in [0.25, 0.3) is 0 Å². The maximum atomic E-state index is 13.3. The quantitative estimate of drug-likeness (QED) is 0.694. The number of ether oxygens (including phenoxy) is 1. The molecule has 2 rings (SSSR count). The minimum Gasteiger partial charge on any atom is -0.489 e. The summed E-state index contributed by atoms with van der Waals surface area (Å²) in [6, 6.07) is 1.88. The van der Waals surface area contributed by atoms with Gasteiger partial charge >= 0.3 is 0 Å². The normalized spacial score (nSPS) is 14.7. The maximum Gasteiger partial charge on any atom is 0.170 e. The number of terminal acetylenes is 1. The molecule has 1 aliphatic rings. The molecule has 1 aromatic carbocycles. The van der Waals surface area contributed by atoms with Crippen LogP contribution in [0.1, 0.15) is 18.4 Å². The molecule has 1 saturated carbocycles. The van der Waals surface area contributed by atoms with Crippen LogP contribution in [0.2, 0.25) is 0 Å². The van der Waals surface area contributed by atoms with Gasteiger partial charge in [0.2, 0.25) is 0 Å². The Hall–Kier alpha value is -1.56. The van der Waals surface area contributed by atoms with Crippen molar-refractivity contribution in [1.82, 2.24) is 0 Å². The van der Waals surface area contributed by atoms with Crippen LogP contribution in [0.3, 0.4) is 0 Å². The Morgan fingerprint density at radius 3 is 2.73 bits per heavy atom. The van der Waals surface area contributed by atoms with Gasteiger partial charge in [0.15, 0.2) is 11.6 Å². The monoisotopic (exact) mass is 208 g/mol. The summed E-state index contributed by atoms with van der Waals surface area (Å²) in [5.41, 5.74) is 0.133. The molecule has 0 N–H and O–H groups in total. The summed E-state index contributed by atoms with van der Waals surface area (Å²) >= 11 is 0. The van der Waals surface area contributed by atoms with Crippen molar-refractivity contribution in [3.05, 3.63) is 29.3 Å². The van der Waals surface area contributed by atoms with Gasteiger partial charge in [0.25, 0.3) is 0 Å². The van der Waals surface area contributed by atoms with Crippen molar-refractivity contribution in [1.29, 1.82) is 0 Å². The molecule has 1 nitrogen and oxygen atoms in total. The van der Waals surface area contributed by atoms with Crippen LogP contribution < -0.4 is 4.74 Å². The molecular weight excluding hydrogens is 198 g/mol. The summed E-state index contributed by atoms with van der Waals surface area (Å²) in [6.07, 6.45) is 7.36. The SMILES string of the molecule is C#Cc1cc(F)cc(F)c1OCC1CC1. The van der Waals surface area contributed by atoms with Crippen LogP contribution in [0.4, 0.5) is 8.78 Å². The first kappa shape index (κ1) is 9.97. The first-order valence-electron chi connectivity index (χ1n) is 4.79. The van der Waals surface area contributed by atoms with E-state index in [0.29, 0.717) is 12.5 Å². The lowest BCUT2D eigenvalue weighted by Crippen LogP contribution is -2.03. The zero-order valence-corrected chi connectivity index (χ0v) is 8.09. The molecule has 78 valence electrons. The molecule has 0 unspecified atom stereocenters. The van der Waals surface area contributed by atoms with Crippen molar-refractivity contribution in [3.8, 4) is 18.1 Å². The van der Waals surface area contributed by atoms with Gasteiger partial charge in [0.1, 0.15) is 5.82 Å². The van der Waals surface area contributed by atoms with E-state index in [0.717, 1.165) is 25.0 Å². The minimum atomic E-state index is -0.733. The van der Waals surface area contributed by atoms with Gasteiger partial charge in [0.05, 0.1) is 12.2 Å². The highest BCUT2D eigenvalue weighted by atomic mass is 19.1. The van der Waals surface area contributed by atoms with E-state index in [9.17, 15) is 8.78 Å². The predicted octanol–water partition coefficient (Wildman–Crippen LogP) is 2.73. The minimum absolute atomic E-state index is 0.00852. The molecule has 3 heteroatoms. The lowest BCUT2D eigenvalue weighted by Gasteiger charge is -2.08. The Bertz CT molecular complexity index is 416. The molecule has 0 saturated heterocycles. The van der Waals surface area contributed by atoms with E-state index in [4.69, 9.17) is 11.2 Å². The molecule has 0 heterocycles. The Kier molecular flexibility index (Phi) is 2.59. The van der Waals surface area contributed by atoms with E-state index >= 15 is 0 Å². The summed E-state index contributed by atoms with van der Waals surface area (Å²) in [7, 11) is 0. The van der Waals surface area contributed by atoms with Crippen LogP contribution in [0.5, 0.6) is 5.75 Å². The lowest BCUT2D eigenvalue weighted by atomic mass is 10.2. The number of benzene rings is 1. The molecule has 0 aromatic heterocycles. The molecule has 0 amide bonds. The van der Waals surface area contributed by atoms with Crippen molar-refractivity contribution < 1.29 is 13.5 Å². The van der Waals surface area contributed by atoms with Crippen LogP contribution in [-0.2, 0) is 0 Å². The van der Waals surface area contributed by atoms with E-state index in [-0.39, 0.29) is 11.3 Å². The fraction of sp³-hybridized carbons (Fsp3) is 0.333. The topological polar surface area (TPSA) is 9.23 Å². The number of rotatable bonds is 3. The second kappa shape index (κ2) is 3.90. The average molecular weight is 208 g/mol. The standard InChI is InChI=1S/C12H10F2O/c1-2-9-5-10(13)6-11(14)12(9)15-7-8-3-4-8/h1,5-6,8H,3-4,7H2. The van der Waals surface area contributed by atoms with Gasteiger partial charge in [-0.25, -0.2) is 8.78 Å². The highest BCUT2D eigenvalue weighted by Gasteiger charge is 2.23. The van der Waals surface area contributed by atoms with Gasteiger partial charge in [-0.1, -0.05) is 5.92 Å². The summed E-state index contributed by atoms with van der Waals surface area (Å²) in [5.74, 6) is 1.29. The van der Waals surface area contributed by atoms with Gasteiger partial charge in [-0.2, -0.15) is 0 Å². The Labute approximate surface area is 87.1 Å². The third-order valence-corrected chi connectivity index (χ3v) is 2.32. The van der Waals surface area contributed by atoms with Gasteiger partial charge in [0, 0.05) is 6.07 Å². The highest BCUT2D eigenvalue weighted by Crippen LogP contribution is 2.31. The zero-order chi connectivity index (χ0) is 10.8. The van der Waals surface area contributed by atoms with Crippen LogP contribution in [0, 0.1) is 29.9 Å². The molecule has 0 bridgehead atoms. The van der Waals surface area contributed by atoms with Crippen LogP contribution in [-0.4, -0.2) is 6.61 Å². The van der Waals surface area contributed by atoms with Crippen LogP contribution in [0.15, 0.2) is 12.1 Å².